The normalized spacial score (nSPS) is 14.3. The third-order valence-corrected chi connectivity index (χ3v) is 4.78. The summed E-state index contributed by atoms with van der Waals surface area (Å²) in [5, 5.41) is 4.39. The van der Waals surface area contributed by atoms with Crippen LogP contribution in [0.25, 0.3) is 11.4 Å². The van der Waals surface area contributed by atoms with Crippen molar-refractivity contribution in [3.63, 3.8) is 0 Å². The van der Waals surface area contributed by atoms with E-state index in [0.29, 0.717) is 27.4 Å². The molecule has 2 aromatic rings. The summed E-state index contributed by atoms with van der Waals surface area (Å²) in [4.78, 5) is 9.29. The van der Waals surface area contributed by atoms with Gasteiger partial charge >= 0.3 is 0 Å². The fraction of sp³-hybridized carbons (Fsp3) is 0.333. The molecule has 1 aliphatic carbocycles. The standard InChI is InChI=1S/C15H14BrCl2N3/c1-2-19-15-12(16)13(8-6-7-8)20-14(21-15)11-9(17)4-3-5-10(11)18/h3-5,8H,2,6-7H2,1H3,(H,19,20,21). The van der Waals surface area contributed by atoms with E-state index in [9.17, 15) is 0 Å². The van der Waals surface area contributed by atoms with Crippen LogP contribution in [-0.4, -0.2) is 16.5 Å². The largest absolute Gasteiger partial charge is 0.369 e. The Bertz CT molecular complexity index is 667. The zero-order chi connectivity index (χ0) is 15.0. The number of nitrogens with one attached hydrogen (secondary N) is 1. The first-order valence-corrected chi connectivity index (χ1v) is 8.42. The molecule has 0 saturated heterocycles. The second-order valence-corrected chi connectivity index (χ2v) is 6.60. The molecule has 0 amide bonds. The van der Waals surface area contributed by atoms with E-state index in [4.69, 9.17) is 28.2 Å². The van der Waals surface area contributed by atoms with Gasteiger partial charge in [0, 0.05) is 12.5 Å². The van der Waals surface area contributed by atoms with E-state index in [0.717, 1.165) is 35.4 Å². The fourth-order valence-corrected chi connectivity index (χ4v) is 3.41. The minimum Gasteiger partial charge on any atom is -0.369 e. The highest BCUT2D eigenvalue weighted by atomic mass is 79.9. The van der Waals surface area contributed by atoms with E-state index in [1.54, 1.807) is 12.1 Å². The van der Waals surface area contributed by atoms with Crippen molar-refractivity contribution in [2.45, 2.75) is 25.7 Å². The van der Waals surface area contributed by atoms with E-state index in [1.807, 2.05) is 13.0 Å². The number of hydrogen-bond donors (Lipinski definition) is 1. The van der Waals surface area contributed by atoms with Gasteiger partial charge in [-0.1, -0.05) is 29.3 Å². The second-order valence-electron chi connectivity index (χ2n) is 5.00. The summed E-state index contributed by atoms with van der Waals surface area (Å²) < 4.78 is 0.943. The third-order valence-electron chi connectivity index (χ3n) is 3.37. The van der Waals surface area contributed by atoms with Crippen molar-refractivity contribution in [2.24, 2.45) is 0 Å². The Morgan fingerprint density at radius 1 is 1.24 bits per heavy atom. The molecule has 1 fully saturated rings. The van der Waals surface area contributed by atoms with Crippen molar-refractivity contribution in [3.8, 4) is 11.4 Å². The monoisotopic (exact) mass is 385 g/mol. The van der Waals surface area contributed by atoms with Gasteiger partial charge in [0.1, 0.15) is 5.82 Å². The number of benzene rings is 1. The van der Waals surface area contributed by atoms with Crippen LogP contribution in [0.3, 0.4) is 0 Å². The lowest BCUT2D eigenvalue weighted by atomic mass is 10.2. The molecule has 1 aromatic carbocycles. The van der Waals surface area contributed by atoms with Crippen molar-refractivity contribution in [1.29, 1.82) is 0 Å². The molecule has 1 saturated carbocycles. The van der Waals surface area contributed by atoms with Crippen molar-refractivity contribution < 1.29 is 0 Å². The predicted molar refractivity (Wildman–Crippen MR) is 91.3 cm³/mol. The Balaban J connectivity index is 2.18. The number of aromatic nitrogens is 2. The van der Waals surface area contributed by atoms with Crippen molar-refractivity contribution in [3.05, 3.63) is 38.4 Å². The van der Waals surface area contributed by atoms with Gasteiger partial charge in [0.25, 0.3) is 0 Å². The van der Waals surface area contributed by atoms with Gasteiger partial charge in [0.05, 0.1) is 25.8 Å². The Kier molecular flexibility index (Phi) is 4.38. The van der Waals surface area contributed by atoms with Crippen molar-refractivity contribution in [1.82, 2.24) is 9.97 Å². The SMILES string of the molecule is CCNc1nc(-c2c(Cl)cccc2Cl)nc(C2CC2)c1Br. The zero-order valence-electron chi connectivity index (χ0n) is 11.5. The molecule has 0 aliphatic heterocycles. The van der Waals surface area contributed by atoms with Crippen LogP contribution in [0.2, 0.25) is 10.0 Å². The molecule has 3 nitrogen and oxygen atoms in total. The number of halogens is 3. The van der Waals surface area contributed by atoms with Gasteiger partial charge in [-0.3, -0.25) is 0 Å². The Hall–Kier alpha value is -0.840. The molecule has 0 spiro atoms. The molecule has 1 N–H and O–H groups in total. The third kappa shape index (κ3) is 3.03. The fourth-order valence-electron chi connectivity index (χ4n) is 2.20. The summed E-state index contributed by atoms with van der Waals surface area (Å²) in [6.07, 6.45) is 2.33. The summed E-state index contributed by atoms with van der Waals surface area (Å²) in [7, 11) is 0. The zero-order valence-corrected chi connectivity index (χ0v) is 14.6. The maximum atomic E-state index is 6.28. The van der Waals surface area contributed by atoms with Crippen molar-refractivity contribution in [2.75, 3.05) is 11.9 Å². The Morgan fingerprint density at radius 3 is 2.48 bits per heavy atom. The molecule has 3 rings (SSSR count). The van der Waals surface area contributed by atoms with Gasteiger partial charge in [-0.15, -0.1) is 0 Å². The molecule has 0 unspecified atom stereocenters. The van der Waals surface area contributed by atoms with Crippen LogP contribution in [0.4, 0.5) is 5.82 Å². The highest BCUT2D eigenvalue weighted by Crippen LogP contribution is 2.45. The number of rotatable bonds is 4. The van der Waals surface area contributed by atoms with Crippen LogP contribution in [0.1, 0.15) is 31.4 Å². The molecule has 0 bridgehead atoms. The van der Waals surface area contributed by atoms with Crippen molar-refractivity contribution >= 4 is 44.9 Å². The van der Waals surface area contributed by atoms with E-state index >= 15 is 0 Å². The molecule has 1 heterocycles. The highest BCUT2D eigenvalue weighted by Gasteiger charge is 2.30. The molecule has 0 radical (unpaired) electrons. The predicted octanol–water partition coefficient (Wildman–Crippen LogP) is 5.52. The van der Waals surface area contributed by atoms with Crippen LogP contribution in [0, 0.1) is 0 Å². The maximum Gasteiger partial charge on any atom is 0.164 e. The van der Waals surface area contributed by atoms with E-state index < -0.39 is 0 Å². The number of nitrogens with zero attached hydrogens (tertiary/aromatic N) is 2. The number of anilines is 1. The molecule has 110 valence electrons. The second kappa shape index (κ2) is 6.11. The lowest BCUT2D eigenvalue weighted by molar-refractivity contribution is 0.974. The summed E-state index contributed by atoms with van der Waals surface area (Å²) in [6.45, 7) is 2.82. The van der Waals surface area contributed by atoms with Crippen LogP contribution < -0.4 is 5.32 Å². The van der Waals surface area contributed by atoms with Crippen LogP contribution in [0.5, 0.6) is 0 Å². The van der Waals surface area contributed by atoms with Gasteiger partial charge in [0.15, 0.2) is 5.82 Å². The molecule has 21 heavy (non-hydrogen) atoms. The molecule has 6 heteroatoms. The first kappa shape index (κ1) is 15.1. The first-order chi connectivity index (χ1) is 10.1. The van der Waals surface area contributed by atoms with Crippen LogP contribution >= 0.6 is 39.1 Å². The Morgan fingerprint density at radius 2 is 1.90 bits per heavy atom. The lowest BCUT2D eigenvalue weighted by Gasteiger charge is -2.13. The minimum absolute atomic E-state index is 0.500. The summed E-state index contributed by atoms with van der Waals surface area (Å²) in [5.41, 5.74) is 1.72. The van der Waals surface area contributed by atoms with Gasteiger partial charge in [-0.2, -0.15) is 0 Å². The van der Waals surface area contributed by atoms with E-state index in [1.165, 1.54) is 0 Å². The van der Waals surface area contributed by atoms with Gasteiger partial charge in [0.2, 0.25) is 0 Å². The quantitative estimate of drug-likeness (QED) is 0.751. The van der Waals surface area contributed by atoms with Crippen LogP contribution in [0.15, 0.2) is 22.7 Å². The summed E-state index contributed by atoms with van der Waals surface area (Å²) in [5.74, 6) is 1.87. The molecule has 0 atom stereocenters. The topological polar surface area (TPSA) is 37.8 Å². The minimum atomic E-state index is 0.500. The van der Waals surface area contributed by atoms with Crippen LogP contribution in [-0.2, 0) is 0 Å². The smallest absolute Gasteiger partial charge is 0.164 e. The average Bonchev–Trinajstić information content (AvgIpc) is 3.26. The highest BCUT2D eigenvalue weighted by molar-refractivity contribution is 9.10. The van der Waals surface area contributed by atoms with E-state index in [-0.39, 0.29) is 0 Å². The summed E-state index contributed by atoms with van der Waals surface area (Å²) >= 11 is 16.2. The first-order valence-electron chi connectivity index (χ1n) is 6.87. The average molecular weight is 387 g/mol. The molecule has 1 aliphatic rings. The Labute approximate surface area is 142 Å². The van der Waals surface area contributed by atoms with Gasteiger partial charge in [-0.25, -0.2) is 9.97 Å². The molecule has 1 aromatic heterocycles. The van der Waals surface area contributed by atoms with Gasteiger partial charge in [-0.05, 0) is 47.8 Å². The lowest BCUT2D eigenvalue weighted by Crippen LogP contribution is -2.06. The number of hydrogen-bond acceptors (Lipinski definition) is 3. The van der Waals surface area contributed by atoms with E-state index in [2.05, 4.69) is 26.2 Å². The molecular formula is C15H14BrCl2N3. The summed E-state index contributed by atoms with van der Waals surface area (Å²) in [6, 6.07) is 5.43. The molecular weight excluding hydrogens is 373 g/mol. The van der Waals surface area contributed by atoms with Gasteiger partial charge < -0.3 is 5.32 Å². The maximum absolute atomic E-state index is 6.28.